The maximum Gasteiger partial charge on any atom is 0.0568 e. The van der Waals surface area contributed by atoms with Crippen molar-refractivity contribution in [3.05, 3.63) is 80.8 Å². The van der Waals surface area contributed by atoms with Crippen molar-refractivity contribution in [3.8, 4) is 0 Å². The number of nitrogens with two attached hydrogens (primary N) is 1. The Kier molecular flexibility index (Phi) is 4.03. The van der Waals surface area contributed by atoms with Crippen LogP contribution in [-0.4, -0.2) is 0 Å². The average molecular weight is 361 g/mol. The quantitative estimate of drug-likeness (QED) is 0.631. The fourth-order valence-corrected chi connectivity index (χ4v) is 3.58. The standard InChI is InChI=1S/C18H15BrClN/c1-11-6-7-15(16(19)10-11)18(21)14-8-9-17(20)13-5-3-2-4-12(13)14/h2-10,18H,21H2,1H3. The molecule has 0 aliphatic carbocycles. The Hall–Kier alpha value is -1.35. The molecule has 0 aliphatic rings. The van der Waals surface area contributed by atoms with Crippen molar-refractivity contribution in [1.82, 2.24) is 0 Å². The molecule has 1 nitrogen and oxygen atoms in total. The zero-order chi connectivity index (χ0) is 15.0. The van der Waals surface area contributed by atoms with Gasteiger partial charge in [0.15, 0.2) is 0 Å². The molecule has 3 rings (SSSR count). The molecular formula is C18H15BrClN. The largest absolute Gasteiger partial charge is 0.320 e. The number of aryl methyl sites for hydroxylation is 1. The van der Waals surface area contributed by atoms with Gasteiger partial charge in [-0.2, -0.15) is 0 Å². The second kappa shape index (κ2) is 5.80. The highest BCUT2D eigenvalue weighted by Gasteiger charge is 2.15. The van der Waals surface area contributed by atoms with Gasteiger partial charge >= 0.3 is 0 Å². The van der Waals surface area contributed by atoms with E-state index in [1.807, 2.05) is 30.3 Å². The van der Waals surface area contributed by atoms with Gasteiger partial charge in [-0.05, 0) is 41.1 Å². The maximum atomic E-state index is 6.51. The van der Waals surface area contributed by atoms with Crippen LogP contribution in [0.3, 0.4) is 0 Å². The summed E-state index contributed by atoms with van der Waals surface area (Å²) in [6.45, 7) is 2.07. The monoisotopic (exact) mass is 359 g/mol. The van der Waals surface area contributed by atoms with Crippen molar-refractivity contribution in [1.29, 1.82) is 0 Å². The van der Waals surface area contributed by atoms with Crippen LogP contribution in [0.4, 0.5) is 0 Å². The number of hydrogen-bond acceptors (Lipinski definition) is 1. The minimum atomic E-state index is -0.192. The van der Waals surface area contributed by atoms with Crippen molar-refractivity contribution in [2.45, 2.75) is 13.0 Å². The molecule has 1 atom stereocenters. The first-order valence-electron chi connectivity index (χ1n) is 6.76. The average Bonchev–Trinajstić information content (AvgIpc) is 2.47. The number of hydrogen-bond donors (Lipinski definition) is 1. The molecule has 106 valence electrons. The van der Waals surface area contributed by atoms with Crippen LogP contribution in [-0.2, 0) is 0 Å². The van der Waals surface area contributed by atoms with Gasteiger partial charge in [0.1, 0.15) is 0 Å². The molecule has 0 aromatic heterocycles. The lowest BCUT2D eigenvalue weighted by molar-refractivity contribution is 0.874. The first-order valence-corrected chi connectivity index (χ1v) is 7.94. The normalized spacial score (nSPS) is 12.6. The molecule has 0 saturated carbocycles. The van der Waals surface area contributed by atoms with E-state index in [2.05, 4.69) is 47.1 Å². The topological polar surface area (TPSA) is 26.0 Å². The second-order valence-electron chi connectivity index (χ2n) is 5.18. The Morgan fingerprint density at radius 3 is 2.33 bits per heavy atom. The van der Waals surface area contributed by atoms with Gasteiger partial charge in [0, 0.05) is 14.9 Å². The van der Waals surface area contributed by atoms with Gasteiger partial charge in [0.25, 0.3) is 0 Å². The molecule has 0 fully saturated rings. The number of benzene rings is 3. The molecule has 0 bridgehead atoms. The summed E-state index contributed by atoms with van der Waals surface area (Å²) in [6.07, 6.45) is 0. The molecule has 3 heteroatoms. The number of halogens is 2. The van der Waals surface area contributed by atoms with E-state index in [0.717, 1.165) is 31.4 Å². The zero-order valence-electron chi connectivity index (χ0n) is 11.6. The van der Waals surface area contributed by atoms with E-state index in [1.165, 1.54) is 5.56 Å². The highest BCUT2D eigenvalue weighted by Crippen LogP contribution is 2.34. The lowest BCUT2D eigenvalue weighted by Crippen LogP contribution is -2.13. The lowest BCUT2D eigenvalue weighted by Gasteiger charge is -2.17. The van der Waals surface area contributed by atoms with E-state index in [4.69, 9.17) is 17.3 Å². The first-order chi connectivity index (χ1) is 10.1. The Balaban J connectivity index is 2.18. The third-order valence-electron chi connectivity index (χ3n) is 3.73. The Labute approximate surface area is 137 Å². The van der Waals surface area contributed by atoms with Gasteiger partial charge in [0.05, 0.1) is 6.04 Å². The van der Waals surface area contributed by atoms with Crippen molar-refractivity contribution in [2.75, 3.05) is 0 Å². The van der Waals surface area contributed by atoms with Crippen LogP contribution in [0.25, 0.3) is 10.8 Å². The van der Waals surface area contributed by atoms with Crippen molar-refractivity contribution in [3.63, 3.8) is 0 Å². The van der Waals surface area contributed by atoms with Crippen LogP contribution in [0.15, 0.2) is 59.1 Å². The van der Waals surface area contributed by atoms with E-state index in [-0.39, 0.29) is 6.04 Å². The fraction of sp³-hybridized carbons (Fsp3) is 0.111. The Morgan fingerprint density at radius 2 is 1.62 bits per heavy atom. The molecule has 0 spiro atoms. The van der Waals surface area contributed by atoms with Gasteiger partial charge in [-0.25, -0.2) is 0 Å². The minimum absolute atomic E-state index is 0.192. The molecule has 2 N–H and O–H groups in total. The van der Waals surface area contributed by atoms with Gasteiger partial charge in [-0.15, -0.1) is 0 Å². The Bertz CT molecular complexity index is 813. The van der Waals surface area contributed by atoms with Crippen molar-refractivity contribution < 1.29 is 0 Å². The molecule has 3 aromatic carbocycles. The van der Waals surface area contributed by atoms with E-state index in [9.17, 15) is 0 Å². The third kappa shape index (κ3) is 2.71. The highest BCUT2D eigenvalue weighted by atomic mass is 79.9. The van der Waals surface area contributed by atoms with Crippen molar-refractivity contribution in [2.24, 2.45) is 5.73 Å². The second-order valence-corrected chi connectivity index (χ2v) is 6.45. The molecule has 0 amide bonds. The molecule has 21 heavy (non-hydrogen) atoms. The molecule has 1 unspecified atom stereocenters. The van der Waals surface area contributed by atoms with Crippen LogP contribution in [0.5, 0.6) is 0 Å². The summed E-state index contributed by atoms with van der Waals surface area (Å²) in [7, 11) is 0. The molecule has 0 saturated heterocycles. The smallest absolute Gasteiger partial charge is 0.0568 e. The van der Waals surface area contributed by atoms with Crippen LogP contribution in [0.2, 0.25) is 5.02 Å². The highest BCUT2D eigenvalue weighted by molar-refractivity contribution is 9.10. The van der Waals surface area contributed by atoms with Gasteiger partial charge in [-0.3, -0.25) is 0 Å². The van der Waals surface area contributed by atoms with Crippen LogP contribution < -0.4 is 5.73 Å². The van der Waals surface area contributed by atoms with Gasteiger partial charge in [-0.1, -0.05) is 70.0 Å². The SMILES string of the molecule is Cc1ccc(C(N)c2ccc(Cl)c3ccccc23)c(Br)c1. The van der Waals surface area contributed by atoms with Crippen LogP contribution >= 0.6 is 27.5 Å². The number of rotatable bonds is 2. The summed E-state index contributed by atoms with van der Waals surface area (Å²) in [4.78, 5) is 0. The molecule has 0 heterocycles. The lowest BCUT2D eigenvalue weighted by atomic mass is 9.94. The number of fused-ring (bicyclic) bond motifs is 1. The van der Waals surface area contributed by atoms with Crippen LogP contribution in [0, 0.1) is 6.92 Å². The minimum Gasteiger partial charge on any atom is -0.320 e. The summed E-state index contributed by atoms with van der Waals surface area (Å²) in [6, 6.07) is 18.1. The van der Waals surface area contributed by atoms with E-state index in [1.54, 1.807) is 0 Å². The van der Waals surface area contributed by atoms with E-state index in [0.29, 0.717) is 0 Å². The summed E-state index contributed by atoms with van der Waals surface area (Å²) >= 11 is 9.90. The molecule has 0 aliphatic heterocycles. The molecular weight excluding hydrogens is 346 g/mol. The summed E-state index contributed by atoms with van der Waals surface area (Å²) < 4.78 is 1.04. The predicted octanol–water partition coefficient (Wildman–Crippen LogP) is 5.61. The van der Waals surface area contributed by atoms with E-state index < -0.39 is 0 Å². The third-order valence-corrected chi connectivity index (χ3v) is 4.75. The predicted molar refractivity (Wildman–Crippen MR) is 93.9 cm³/mol. The first kappa shape index (κ1) is 14.6. The fourth-order valence-electron chi connectivity index (χ4n) is 2.61. The summed E-state index contributed by atoms with van der Waals surface area (Å²) in [5.41, 5.74) is 9.88. The van der Waals surface area contributed by atoms with Gasteiger partial charge < -0.3 is 5.73 Å². The van der Waals surface area contributed by atoms with Crippen molar-refractivity contribution >= 4 is 38.3 Å². The van der Waals surface area contributed by atoms with Crippen LogP contribution in [0.1, 0.15) is 22.7 Å². The zero-order valence-corrected chi connectivity index (χ0v) is 13.9. The Morgan fingerprint density at radius 1 is 0.952 bits per heavy atom. The molecule has 3 aromatic rings. The summed E-state index contributed by atoms with van der Waals surface area (Å²) in [5.74, 6) is 0. The maximum absolute atomic E-state index is 6.51. The summed E-state index contributed by atoms with van der Waals surface area (Å²) in [5, 5.41) is 2.89. The van der Waals surface area contributed by atoms with Gasteiger partial charge in [0.2, 0.25) is 0 Å². The van der Waals surface area contributed by atoms with E-state index >= 15 is 0 Å². The molecule has 0 radical (unpaired) electrons.